The predicted octanol–water partition coefficient (Wildman–Crippen LogP) is 5.66. The van der Waals surface area contributed by atoms with Crippen LogP contribution in [-0.2, 0) is 0 Å². The first-order valence-electron chi connectivity index (χ1n) is 11.6. The Morgan fingerprint density at radius 2 is 1.83 bits per heavy atom. The van der Waals surface area contributed by atoms with Crippen molar-refractivity contribution in [2.45, 2.75) is 50.7 Å². The van der Waals surface area contributed by atoms with E-state index in [2.05, 4.69) is 15.6 Å². The number of nitrogens with two attached hydrogens (primary N) is 1. The van der Waals surface area contributed by atoms with E-state index < -0.39 is 34.3 Å². The van der Waals surface area contributed by atoms with Crippen molar-refractivity contribution in [3.05, 3.63) is 52.7 Å². The van der Waals surface area contributed by atoms with Gasteiger partial charge in [-0.05, 0) is 50.7 Å². The summed E-state index contributed by atoms with van der Waals surface area (Å²) in [4.78, 5) is 28.4. The number of urea groups is 1. The van der Waals surface area contributed by atoms with E-state index in [1.807, 2.05) is 0 Å². The molecule has 188 valence electrons. The van der Waals surface area contributed by atoms with Crippen LogP contribution < -0.4 is 25.8 Å². The molecule has 2 aliphatic carbocycles. The second-order valence-electron chi connectivity index (χ2n) is 8.90. The van der Waals surface area contributed by atoms with Gasteiger partial charge in [-0.2, -0.15) is 0 Å². The molecule has 1 aromatic heterocycles. The van der Waals surface area contributed by atoms with Crippen molar-refractivity contribution in [1.82, 2.24) is 10.3 Å². The Morgan fingerprint density at radius 1 is 1.08 bits per heavy atom. The maximum atomic E-state index is 15.1. The van der Waals surface area contributed by atoms with Crippen molar-refractivity contribution in [2.24, 2.45) is 5.73 Å². The third-order valence-electron chi connectivity index (χ3n) is 6.15. The SMILES string of the molecule is NC(=O)c1cc2c(Oc3c(F)cc(NC(=O)NC4CC4)c(Cl)c3F)ccnc2cc1OC1CCCC1. The molecule has 2 aromatic carbocycles. The molecule has 0 atom stereocenters. The van der Waals surface area contributed by atoms with Crippen LogP contribution in [0.15, 0.2) is 30.5 Å². The third-order valence-corrected chi connectivity index (χ3v) is 6.52. The van der Waals surface area contributed by atoms with Gasteiger partial charge in [0.15, 0.2) is 17.4 Å². The number of hydrogen-bond donors (Lipinski definition) is 3. The highest BCUT2D eigenvalue weighted by molar-refractivity contribution is 6.34. The smallest absolute Gasteiger partial charge is 0.319 e. The summed E-state index contributed by atoms with van der Waals surface area (Å²) in [5.41, 5.74) is 5.83. The number of halogens is 3. The minimum Gasteiger partial charge on any atom is -0.490 e. The molecule has 0 aliphatic heterocycles. The Hall–Kier alpha value is -3.66. The summed E-state index contributed by atoms with van der Waals surface area (Å²) in [7, 11) is 0. The largest absolute Gasteiger partial charge is 0.490 e. The summed E-state index contributed by atoms with van der Waals surface area (Å²) in [6.45, 7) is 0. The normalized spacial score (nSPS) is 15.6. The zero-order valence-corrected chi connectivity index (χ0v) is 19.8. The van der Waals surface area contributed by atoms with E-state index in [1.165, 1.54) is 18.3 Å². The fourth-order valence-corrected chi connectivity index (χ4v) is 4.35. The maximum Gasteiger partial charge on any atom is 0.319 e. The van der Waals surface area contributed by atoms with Crippen LogP contribution >= 0.6 is 11.6 Å². The van der Waals surface area contributed by atoms with Gasteiger partial charge in [0.1, 0.15) is 16.5 Å². The second kappa shape index (κ2) is 9.77. The number of primary amides is 1. The first-order valence-corrected chi connectivity index (χ1v) is 12.0. The minimum absolute atomic E-state index is 0.0240. The molecule has 3 aromatic rings. The molecule has 1 heterocycles. The number of carbonyl (C=O) groups is 2. The number of nitrogens with zero attached hydrogens (tertiary/aromatic N) is 1. The number of hydrogen-bond acceptors (Lipinski definition) is 5. The maximum absolute atomic E-state index is 15.1. The molecule has 0 bridgehead atoms. The Morgan fingerprint density at radius 3 is 2.53 bits per heavy atom. The van der Waals surface area contributed by atoms with E-state index in [0.717, 1.165) is 44.6 Å². The van der Waals surface area contributed by atoms with Gasteiger partial charge in [0.2, 0.25) is 0 Å². The van der Waals surface area contributed by atoms with Crippen molar-refractivity contribution in [1.29, 1.82) is 0 Å². The molecule has 0 spiro atoms. The van der Waals surface area contributed by atoms with E-state index in [4.69, 9.17) is 26.8 Å². The predicted molar refractivity (Wildman–Crippen MR) is 130 cm³/mol. The Bertz CT molecular complexity index is 1360. The number of amides is 3. The van der Waals surface area contributed by atoms with Crippen LogP contribution in [0.2, 0.25) is 5.02 Å². The van der Waals surface area contributed by atoms with E-state index in [1.54, 1.807) is 6.07 Å². The molecule has 0 radical (unpaired) electrons. The number of fused-ring (bicyclic) bond motifs is 1. The van der Waals surface area contributed by atoms with E-state index in [-0.39, 0.29) is 29.1 Å². The van der Waals surface area contributed by atoms with Crippen LogP contribution in [0, 0.1) is 11.6 Å². The van der Waals surface area contributed by atoms with Crippen LogP contribution in [0.4, 0.5) is 19.3 Å². The molecule has 2 aliphatic rings. The summed E-state index contributed by atoms with van der Waals surface area (Å²) >= 11 is 6.07. The summed E-state index contributed by atoms with van der Waals surface area (Å²) < 4.78 is 41.5. The molecule has 5 rings (SSSR count). The Balaban J connectivity index is 1.47. The average molecular weight is 517 g/mol. The lowest BCUT2D eigenvalue weighted by Gasteiger charge is -2.17. The minimum atomic E-state index is -1.19. The zero-order chi connectivity index (χ0) is 25.4. The van der Waals surface area contributed by atoms with Gasteiger partial charge in [-0.25, -0.2) is 13.6 Å². The van der Waals surface area contributed by atoms with Gasteiger partial charge in [-0.1, -0.05) is 11.6 Å². The fraction of sp³-hybridized carbons (Fsp3) is 0.320. The Kier molecular flexibility index (Phi) is 6.53. The Labute approximate surface area is 210 Å². The van der Waals surface area contributed by atoms with Crippen LogP contribution in [0.1, 0.15) is 48.9 Å². The van der Waals surface area contributed by atoms with Crippen LogP contribution in [-0.4, -0.2) is 29.1 Å². The topological polar surface area (TPSA) is 116 Å². The van der Waals surface area contributed by atoms with Gasteiger partial charge in [0.25, 0.3) is 5.91 Å². The standard InChI is InChI=1S/C25H23ClF2N4O4/c26-21-18(32-25(34)31-12-5-6-12)10-16(27)23(22(21)28)36-19-7-8-30-17-11-20(35-13-3-1-2-4-13)15(24(29)33)9-14(17)19/h7-13H,1-6H2,(H2,29,33)(H2,31,32,34). The fourth-order valence-electron chi connectivity index (χ4n) is 4.16. The number of nitrogens with one attached hydrogen (secondary N) is 2. The molecule has 0 saturated heterocycles. The van der Waals surface area contributed by atoms with Gasteiger partial charge < -0.3 is 25.8 Å². The molecular formula is C25H23ClF2N4O4. The number of carbonyl (C=O) groups excluding carboxylic acids is 2. The lowest BCUT2D eigenvalue weighted by molar-refractivity contribution is 0.0993. The molecule has 8 nitrogen and oxygen atoms in total. The van der Waals surface area contributed by atoms with Crippen LogP contribution in [0.25, 0.3) is 10.9 Å². The molecule has 36 heavy (non-hydrogen) atoms. The molecule has 11 heteroatoms. The highest BCUT2D eigenvalue weighted by Crippen LogP contribution is 2.40. The highest BCUT2D eigenvalue weighted by Gasteiger charge is 2.26. The number of pyridine rings is 1. The van der Waals surface area contributed by atoms with Gasteiger partial charge in [-0.3, -0.25) is 9.78 Å². The number of rotatable bonds is 7. The number of aromatic nitrogens is 1. The van der Waals surface area contributed by atoms with E-state index in [0.29, 0.717) is 16.7 Å². The van der Waals surface area contributed by atoms with Crippen LogP contribution in [0.5, 0.6) is 17.2 Å². The zero-order valence-electron chi connectivity index (χ0n) is 19.1. The van der Waals surface area contributed by atoms with Crippen LogP contribution in [0.3, 0.4) is 0 Å². The molecule has 4 N–H and O–H groups in total. The molecule has 3 amide bonds. The number of anilines is 1. The molecule has 2 fully saturated rings. The third kappa shape index (κ3) is 4.99. The first kappa shape index (κ1) is 24.1. The number of ether oxygens (including phenoxy) is 2. The molecular weight excluding hydrogens is 494 g/mol. The van der Waals surface area contributed by atoms with Gasteiger partial charge in [0.05, 0.1) is 22.9 Å². The summed E-state index contributed by atoms with van der Waals surface area (Å²) in [5.74, 6) is -3.45. The summed E-state index contributed by atoms with van der Waals surface area (Å²) in [6.07, 6.45) is 6.90. The summed E-state index contributed by atoms with van der Waals surface area (Å²) in [6, 6.07) is 4.70. The van der Waals surface area contributed by atoms with Crippen molar-refractivity contribution >= 4 is 40.1 Å². The van der Waals surface area contributed by atoms with Gasteiger partial charge in [-0.15, -0.1) is 0 Å². The molecule has 2 saturated carbocycles. The monoisotopic (exact) mass is 516 g/mol. The van der Waals surface area contributed by atoms with Gasteiger partial charge >= 0.3 is 6.03 Å². The highest BCUT2D eigenvalue weighted by atomic mass is 35.5. The molecule has 0 unspecified atom stereocenters. The quantitative estimate of drug-likeness (QED) is 0.350. The average Bonchev–Trinajstić information content (AvgIpc) is 3.50. The van der Waals surface area contributed by atoms with E-state index in [9.17, 15) is 14.0 Å². The van der Waals surface area contributed by atoms with E-state index >= 15 is 4.39 Å². The van der Waals surface area contributed by atoms with Crippen molar-refractivity contribution in [3.63, 3.8) is 0 Å². The van der Waals surface area contributed by atoms with Crippen molar-refractivity contribution in [2.75, 3.05) is 5.32 Å². The lowest BCUT2D eigenvalue weighted by Crippen LogP contribution is -2.30. The van der Waals surface area contributed by atoms with Crippen molar-refractivity contribution in [3.8, 4) is 17.2 Å². The lowest BCUT2D eigenvalue weighted by atomic mass is 10.1. The van der Waals surface area contributed by atoms with Crippen molar-refractivity contribution < 1.29 is 27.8 Å². The summed E-state index contributed by atoms with van der Waals surface area (Å²) in [5, 5.41) is 4.78. The first-order chi connectivity index (χ1) is 17.3. The second-order valence-corrected chi connectivity index (χ2v) is 9.28. The van der Waals surface area contributed by atoms with Gasteiger partial charge in [0, 0.05) is 29.8 Å². The number of benzene rings is 2.